The van der Waals surface area contributed by atoms with Gasteiger partial charge in [-0.3, -0.25) is 0 Å². The molecular formula is C17H11FN2O3S. The Kier molecular flexibility index (Phi) is 3.91. The first kappa shape index (κ1) is 15.9. The first-order valence-electron chi connectivity index (χ1n) is 6.87. The highest BCUT2D eigenvalue weighted by Gasteiger charge is 2.18. The Hall–Kier alpha value is -2.98. The minimum atomic E-state index is -1.06. The molecule has 0 aliphatic rings. The fourth-order valence-corrected chi connectivity index (χ4v) is 3.41. The van der Waals surface area contributed by atoms with Crippen LogP contribution in [0.1, 0.15) is 20.9 Å². The van der Waals surface area contributed by atoms with Gasteiger partial charge in [-0.2, -0.15) is 5.26 Å². The average Bonchev–Trinajstić information content (AvgIpc) is 2.96. The lowest BCUT2D eigenvalue weighted by atomic mass is 10.0. The zero-order valence-electron chi connectivity index (χ0n) is 12.8. The van der Waals surface area contributed by atoms with Crippen molar-refractivity contribution in [1.82, 2.24) is 4.98 Å². The number of fused-ring (bicyclic) bond motifs is 1. The number of aryl methyl sites for hydroxylation is 1. The van der Waals surface area contributed by atoms with Crippen LogP contribution >= 0.6 is 11.3 Å². The van der Waals surface area contributed by atoms with Crippen LogP contribution in [0.2, 0.25) is 0 Å². The number of rotatable bonds is 3. The van der Waals surface area contributed by atoms with Gasteiger partial charge in [0.05, 0.1) is 24.4 Å². The zero-order chi connectivity index (χ0) is 17.4. The number of carboxylic acid groups (broad SMARTS) is 1. The van der Waals surface area contributed by atoms with E-state index in [-0.39, 0.29) is 15.8 Å². The summed E-state index contributed by atoms with van der Waals surface area (Å²) in [6, 6.07) is 7.89. The fourth-order valence-electron chi connectivity index (χ4n) is 2.52. The lowest BCUT2D eigenvalue weighted by Crippen LogP contribution is -1.94. The normalized spacial score (nSPS) is 10.6. The van der Waals surface area contributed by atoms with Gasteiger partial charge in [-0.1, -0.05) is 0 Å². The van der Waals surface area contributed by atoms with Crippen molar-refractivity contribution in [1.29, 1.82) is 5.26 Å². The maximum absolute atomic E-state index is 14.3. The summed E-state index contributed by atoms with van der Waals surface area (Å²) >= 11 is 0.990. The van der Waals surface area contributed by atoms with E-state index in [0.717, 1.165) is 11.3 Å². The molecule has 0 fully saturated rings. The topological polar surface area (TPSA) is 83.2 Å². The van der Waals surface area contributed by atoms with Crippen molar-refractivity contribution in [3.05, 3.63) is 46.2 Å². The minimum absolute atomic E-state index is 0.120. The maximum Gasteiger partial charge on any atom is 0.347 e. The highest BCUT2D eigenvalue weighted by molar-refractivity contribution is 7.17. The van der Waals surface area contributed by atoms with Crippen LogP contribution < -0.4 is 4.74 Å². The van der Waals surface area contributed by atoms with Gasteiger partial charge in [0.25, 0.3) is 0 Å². The van der Waals surface area contributed by atoms with E-state index in [0.29, 0.717) is 27.4 Å². The maximum atomic E-state index is 14.3. The molecule has 0 amide bonds. The molecule has 1 N–H and O–H groups in total. The molecule has 3 aromatic rings. The minimum Gasteiger partial charge on any atom is -0.496 e. The van der Waals surface area contributed by atoms with Crippen molar-refractivity contribution < 1.29 is 19.0 Å². The number of benzene rings is 2. The second-order valence-electron chi connectivity index (χ2n) is 5.05. The van der Waals surface area contributed by atoms with E-state index in [2.05, 4.69) is 4.98 Å². The van der Waals surface area contributed by atoms with Crippen molar-refractivity contribution >= 4 is 28.1 Å². The molecule has 0 bridgehead atoms. The molecule has 0 unspecified atom stereocenters. The Morgan fingerprint density at radius 1 is 1.42 bits per heavy atom. The molecule has 0 atom stereocenters. The van der Waals surface area contributed by atoms with E-state index < -0.39 is 11.8 Å². The number of hydrogen-bond acceptors (Lipinski definition) is 5. The quantitative estimate of drug-likeness (QED) is 0.778. The van der Waals surface area contributed by atoms with E-state index in [9.17, 15) is 14.4 Å². The summed E-state index contributed by atoms with van der Waals surface area (Å²) in [7, 11) is 1.45. The molecule has 5 nitrogen and oxygen atoms in total. The van der Waals surface area contributed by atoms with E-state index in [4.69, 9.17) is 9.84 Å². The van der Waals surface area contributed by atoms with Gasteiger partial charge in [0, 0.05) is 16.3 Å². The molecular weight excluding hydrogens is 331 g/mol. The molecule has 0 aliphatic carbocycles. The van der Waals surface area contributed by atoms with Crippen molar-refractivity contribution in [2.45, 2.75) is 6.92 Å². The highest BCUT2D eigenvalue weighted by atomic mass is 32.1. The molecule has 7 heteroatoms. The Morgan fingerprint density at radius 2 is 2.17 bits per heavy atom. The summed E-state index contributed by atoms with van der Waals surface area (Å²) in [6.07, 6.45) is 0. The van der Waals surface area contributed by atoms with Crippen LogP contribution in [0.3, 0.4) is 0 Å². The van der Waals surface area contributed by atoms with Crippen molar-refractivity contribution in [3.8, 4) is 22.4 Å². The van der Waals surface area contributed by atoms with Crippen LogP contribution in [0.4, 0.5) is 4.39 Å². The number of nitrogens with zero attached hydrogens (tertiary/aromatic N) is 2. The monoisotopic (exact) mass is 342 g/mol. The predicted molar refractivity (Wildman–Crippen MR) is 88.0 cm³/mol. The van der Waals surface area contributed by atoms with E-state index >= 15 is 0 Å². The van der Waals surface area contributed by atoms with Crippen LogP contribution in [0, 0.1) is 24.1 Å². The number of halogens is 1. The third-order valence-electron chi connectivity index (χ3n) is 3.60. The molecule has 0 spiro atoms. The van der Waals surface area contributed by atoms with Crippen LogP contribution in [0.15, 0.2) is 24.3 Å². The molecule has 24 heavy (non-hydrogen) atoms. The highest BCUT2D eigenvalue weighted by Crippen LogP contribution is 2.36. The summed E-state index contributed by atoms with van der Waals surface area (Å²) in [6.45, 7) is 1.60. The van der Waals surface area contributed by atoms with E-state index in [1.165, 1.54) is 19.2 Å². The summed E-state index contributed by atoms with van der Waals surface area (Å²) in [4.78, 5) is 15.5. The number of carbonyl (C=O) groups is 1. The molecule has 2 aromatic carbocycles. The molecule has 0 saturated carbocycles. The van der Waals surface area contributed by atoms with Crippen LogP contribution in [-0.2, 0) is 0 Å². The van der Waals surface area contributed by atoms with Crippen LogP contribution in [0.25, 0.3) is 21.3 Å². The van der Waals surface area contributed by atoms with Gasteiger partial charge >= 0.3 is 5.97 Å². The van der Waals surface area contributed by atoms with Gasteiger partial charge in [-0.05, 0) is 31.2 Å². The van der Waals surface area contributed by atoms with E-state index in [1.54, 1.807) is 19.1 Å². The van der Waals surface area contributed by atoms with Gasteiger partial charge in [-0.25, -0.2) is 14.2 Å². The van der Waals surface area contributed by atoms with Crippen molar-refractivity contribution in [2.24, 2.45) is 0 Å². The smallest absolute Gasteiger partial charge is 0.347 e. The average molecular weight is 342 g/mol. The van der Waals surface area contributed by atoms with Gasteiger partial charge in [0.2, 0.25) is 0 Å². The van der Waals surface area contributed by atoms with Crippen LogP contribution in [0.5, 0.6) is 5.75 Å². The Morgan fingerprint density at radius 3 is 2.75 bits per heavy atom. The lowest BCUT2D eigenvalue weighted by molar-refractivity contribution is 0.0701. The Labute approximate surface area is 140 Å². The fraction of sp³-hybridized carbons (Fsp3) is 0.118. The molecule has 0 radical (unpaired) electrons. The summed E-state index contributed by atoms with van der Waals surface area (Å²) in [5.74, 6) is -1.16. The number of methoxy groups -OCH3 is 1. The zero-order valence-corrected chi connectivity index (χ0v) is 13.6. The number of carboxylic acids is 1. The standard InChI is InChI=1S/C17H11FN2O3S/c1-8-15(17(21)22)24-16(20-8)9-5-10(7-19)14-11(6-9)12(18)3-4-13(14)23-2/h3-6H,1-2H3,(H,21,22). The third-order valence-corrected chi connectivity index (χ3v) is 4.80. The van der Waals surface area contributed by atoms with E-state index in [1.807, 2.05) is 6.07 Å². The second kappa shape index (κ2) is 5.91. The number of aromatic nitrogens is 1. The molecule has 1 aromatic heterocycles. The predicted octanol–water partition coefficient (Wildman–Crippen LogP) is 3.99. The van der Waals surface area contributed by atoms with Crippen molar-refractivity contribution in [2.75, 3.05) is 7.11 Å². The van der Waals surface area contributed by atoms with Gasteiger partial charge in [0.1, 0.15) is 21.5 Å². The number of ether oxygens (including phenoxy) is 1. The largest absolute Gasteiger partial charge is 0.496 e. The molecule has 0 saturated heterocycles. The third kappa shape index (κ3) is 2.47. The van der Waals surface area contributed by atoms with Gasteiger partial charge in [-0.15, -0.1) is 11.3 Å². The SMILES string of the molecule is COc1ccc(F)c2cc(-c3nc(C)c(C(=O)O)s3)cc(C#N)c12. The first-order valence-corrected chi connectivity index (χ1v) is 7.69. The Balaban J connectivity index is 2.32. The molecule has 1 heterocycles. The summed E-state index contributed by atoms with van der Waals surface area (Å²) < 4.78 is 19.5. The number of nitriles is 1. The number of aromatic carboxylic acids is 1. The lowest BCUT2D eigenvalue weighted by Gasteiger charge is -2.09. The summed E-state index contributed by atoms with van der Waals surface area (Å²) in [5, 5.41) is 19.6. The second-order valence-corrected chi connectivity index (χ2v) is 6.05. The van der Waals surface area contributed by atoms with Crippen LogP contribution in [-0.4, -0.2) is 23.2 Å². The molecule has 3 rings (SSSR count). The van der Waals surface area contributed by atoms with Gasteiger partial charge in [0.15, 0.2) is 0 Å². The first-order chi connectivity index (χ1) is 11.5. The summed E-state index contributed by atoms with van der Waals surface area (Å²) in [5.41, 5.74) is 1.11. The Bertz CT molecular complexity index is 1020. The molecule has 120 valence electrons. The number of thiazole rings is 1. The van der Waals surface area contributed by atoms with Crippen molar-refractivity contribution in [3.63, 3.8) is 0 Å². The number of hydrogen-bond donors (Lipinski definition) is 1. The van der Waals surface area contributed by atoms with Gasteiger partial charge < -0.3 is 9.84 Å². The molecule has 0 aliphatic heterocycles.